The average molecular weight is 170 g/mol. The lowest BCUT2D eigenvalue weighted by atomic mass is 10.3. The molecule has 0 aliphatic heterocycles. The van der Waals surface area contributed by atoms with Crippen molar-refractivity contribution in [2.45, 2.75) is 13.5 Å². The van der Waals surface area contributed by atoms with Gasteiger partial charge in [0.05, 0.1) is 0 Å². The first-order chi connectivity index (χ1) is 5.11. The minimum atomic E-state index is 0.401. The summed E-state index contributed by atoms with van der Waals surface area (Å²) in [4.78, 5) is 0. The quantitative estimate of drug-likeness (QED) is 0.516. The van der Waals surface area contributed by atoms with Crippen LogP contribution < -0.4 is 5.73 Å². The number of rotatable bonds is 2. The van der Waals surface area contributed by atoms with Gasteiger partial charge in [-0.25, -0.2) is 5.10 Å². The van der Waals surface area contributed by atoms with E-state index in [1.54, 1.807) is 4.57 Å². The van der Waals surface area contributed by atoms with E-state index >= 15 is 0 Å². The Bertz CT molecular complexity index is 322. The van der Waals surface area contributed by atoms with E-state index in [4.69, 9.17) is 18.0 Å². The van der Waals surface area contributed by atoms with Crippen LogP contribution in [-0.4, -0.2) is 14.8 Å². The number of H-pyrrole nitrogens is 1. The van der Waals surface area contributed by atoms with Gasteiger partial charge in [-0.2, -0.15) is 0 Å². The van der Waals surface area contributed by atoms with E-state index < -0.39 is 0 Å². The standard InChI is InChI=1S/C6H10N4S/c1-4(2)3-10-5(7)8-9-6(10)11/h1,3H2,2H3,(H2,7,8)(H,9,11). The van der Waals surface area contributed by atoms with Gasteiger partial charge in [0.15, 0.2) is 4.77 Å². The summed E-state index contributed by atoms with van der Waals surface area (Å²) < 4.78 is 2.23. The van der Waals surface area contributed by atoms with E-state index in [1.165, 1.54) is 0 Å². The smallest absolute Gasteiger partial charge is 0.220 e. The number of nitrogens with two attached hydrogens (primary N) is 1. The molecule has 0 aliphatic rings. The highest BCUT2D eigenvalue weighted by atomic mass is 32.1. The summed E-state index contributed by atoms with van der Waals surface area (Å²) in [6.45, 7) is 6.28. The highest BCUT2D eigenvalue weighted by Crippen LogP contribution is 2.02. The Hall–Kier alpha value is -1.10. The maximum atomic E-state index is 5.50. The van der Waals surface area contributed by atoms with Gasteiger partial charge in [0.25, 0.3) is 0 Å². The Morgan fingerprint density at radius 2 is 2.55 bits per heavy atom. The summed E-state index contributed by atoms with van der Waals surface area (Å²) in [7, 11) is 0. The average Bonchev–Trinajstić information content (AvgIpc) is 2.18. The Labute approximate surface area is 69.7 Å². The molecule has 0 spiro atoms. The molecule has 0 bridgehead atoms. The van der Waals surface area contributed by atoms with Gasteiger partial charge in [-0.1, -0.05) is 12.2 Å². The second-order valence-corrected chi connectivity index (χ2v) is 2.82. The van der Waals surface area contributed by atoms with Crippen LogP contribution in [0.5, 0.6) is 0 Å². The van der Waals surface area contributed by atoms with Gasteiger partial charge in [0.1, 0.15) is 0 Å². The third kappa shape index (κ3) is 1.68. The summed E-state index contributed by atoms with van der Waals surface area (Å²) in [5.41, 5.74) is 6.50. The Kier molecular flexibility index (Phi) is 2.09. The highest BCUT2D eigenvalue weighted by Gasteiger charge is 1.99. The van der Waals surface area contributed by atoms with Crippen LogP contribution in [0.15, 0.2) is 12.2 Å². The van der Waals surface area contributed by atoms with Crippen LogP contribution in [0.4, 0.5) is 5.95 Å². The fourth-order valence-electron chi connectivity index (χ4n) is 0.753. The predicted octanol–water partition coefficient (Wildman–Crippen LogP) is 1.10. The molecule has 1 aromatic rings. The number of anilines is 1. The molecule has 0 amide bonds. The molecular weight excluding hydrogens is 160 g/mol. The molecule has 0 unspecified atom stereocenters. The van der Waals surface area contributed by atoms with E-state index in [9.17, 15) is 0 Å². The van der Waals surface area contributed by atoms with Crippen molar-refractivity contribution in [2.75, 3.05) is 5.73 Å². The van der Waals surface area contributed by atoms with Crippen molar-refractivity contribution in [3.05, 3.63) is 16.9 Å². The van der Waals surface area contributed by atoms with Crippen molar-refractivity contribution >= 4 is 18.2 Å². The van der Waals surface area contributed by atoms with Gasteiger partial charge in [0.2, 0.25) is 5.95 Å². The SMILES string of the molecule is C=C(C)Cn1c(N)n[nH]c1=S. The van der Waals surface area contributed by atoms with E-state index in [1.807, 2.05) is 6.92 Å². The molecule has 0 atom stereocenters. The number of allylic oxidation sites excluding steroid dienone is 1. The van der Waals surface area contributed by atoms with Crippen molar-refractivity contribution in [3.63, 3.8) is 0 Å². The van der Waals surface area contributed by atoms with Crippen LogP contribution in [0.2, 0.25) is 0 Å². The van der Waals surface area contributed by atoms with Gasteiger partial charge in [-0.3, -0.25) is 4.57 Å². The van der Waals surface area contributed by atoms with E-state index in [0.29, 0.717) is 17.3 Å². The molecule has 0 fully saturated rings. The van der Waals surface area contributed by atoms with Gasteiger partial charge in [0, 0.05) is 6.54 Å². The lowest BCUT2D eigenvalue weighted by Crippen LogP contribution is -2.03. The zero-order chi connectivity index (χ0) is 8.43. The molecule has 1 heterocycles. The second kappa shape index (κ2) is 2.87. The lowest BCUT2D eigenvalue weighted by Gasteiger charge is -2.00. The molecule has 4 nitrogen and oxygen atoms in total. The maximum absolute atomic E-state index is 5.50. The van der Waals surface area contributed by atoms with Crippen molar-refractivity contribution in [1.29, 1.82) is 0 Å². The third-order valence-electron chi connectivity index (χ3n) is 1.22. The number of hydrogen-bond acceptors (Lipinski definition) is 3. The summed E-state index contributed by atoms with van der Waals surface area (Å²) in [5, 5.41) is 6.34. The number of nitrogens with one attached hydrogen (secondary N) is 1. The normalized spacial score (nSPS) is 9.91. The molecule has 11 heavy (non-hydrogen) atoms. The Morgan fingerprint density at radius 1 is 1.91 bits per heavy atom. The van der Waals surface area contributed by atoms with Crippen molar-refractivity contribution in [2.24, 2.45) is 0 Å². The zero-order valence-corrected chi connectivity index (χ0v) is 7.11. The Morgan fingerprint density at radius 3 is 2.91 bits per heavy atom. The fraction of sp³-hybridized carbons (Fsp3) is 0.333. The van der Waals surface area contributed by atoms with Crippen LogP contribution in [0, 0.1) is 4.77 Å². The second-order valence-electron chi connectivity index (χ2n) is 2.43. The van der Waals surface area contributed by atoms with Gasteiger partial charge in [-0.05, 0) is 19.1 Å². The van der Waals surface area contributed by atoms with Crippen molar-refractivity contribution in [1.82, 2.24) is 14.8 Å². The molecule has 0 radical (unpaired) electrons. The number of hydrogen-bond donors (Lipinski definition) is 2. The molecule has 1 rings (SSSR count). The van der Waals surface area contributed by atoms with Crippen molar-refractivity contribution in [3.8, 4) is 0 Å². The molecule has 0 saturated heterocycles. The Balaban J connectivity index is 3.01. The summed E-state index contributed by atoms with van der Waals surface area (Å²) in [6.07, 6.45) is 0. The van der Waals surface area contributed by atoms with E-state index in [0.717, 1.165) is 5.57 Å². The molecule has 0 aliphatic carbocycles. The number of nitrogens with zero attached hydrogens (tertiary/aromatic N) is 2. The van der Waals surface area contributed by atoms with Gasteiger partial charge >= 0.3 is 0 Å². The molecule has 0 saturated carbocycles. The van der Waals surface area contributed by atoms with Gasteiger partial charge < -0.3 is 5.73 Å². The summed E-state index contributed by atoms with van der Waals surface area (Å²) >= 11 is 4.92. The summed E-state index contributed by atoms with van der Waals surface area (Å²) in [6, 6.07) is 0. The third-order valence-corrected chi connectivity index (χ3v) is 1.53. The van der Waals surface area contributed by atoms with Crippen LogP contribution in [0.1, 0.15) is 6.92 Å². The lowest BCUT2D eigenvalue weighted by molar-refractivity contribution is 0.781. The molecule has 60 valence electrons. The molecule has 1 aromatic heterocycles. The predicted molar refractivity (Wildman–Crippen MR) is 46.6 cm³/mol. The topological polar surface area (TPSA) is 59.6 Å². The minimum Gasteiger partial charge on any atom is -0.368 e. The first-order valence-electron chi connectivity index (χ1n) is 3.16. The monoisotopic (exact) mass is 170 g/mol. The van der Waals surface area contributed by atoms with E-state index in [-0.39, 0.29) is 0 Å². The van der Waals surface area contributed by atoms with Crippen LogP contribution >= 0.6 is 12.2 Å². The zero-order valence-electron chi connectivity index (χ0n) is 6.29. The fourth-order valence-corrected chi connectivity index (χ4v) is 0.956. The molecule has 3 N–H and O–H groups in total. The number of aromatic nitrogens is 3. The van der Waals surface area contributed by atoms with E-state index in [2.05, 4.69) is 16.8 Å². The van der Waals surface area contributed by atoms with Crippen molar-refractivity contribution < 1.29 is 0 Å². The minimum absolute atomic E-state index is 0.401. The van der Waals surface area contributed by atoms with Crippen LogP contribution in [0.3, 0.4) is 0 Å². The van der Waals surface area contributed by atoms with Crippen LogP contribution in [-0.2, 0) is 6.54 Å². The molecular formula is C6H10N4S. The summed E-state index contributed by atoms with van der Waals surface area (Å²) in [5.74, 6) is 0.401. The number of nitrogen functional groups attached to an aromatic ring is 1. The largest absolute Gasteiger partial charge is 0.368 e. The molecule has 0 aromatic carbocycles. The van der Waals surface area contributed by atoms with Gasteiger partial charge in [-0.15, -0.1) is 5.10 Å². The number of aromatic amines is 1. The maximum Gasteiger partial charge on any atom is 0.220 e. The molecule has 5 heteroatoms. The highest BCUT2D eigenvalue weighted by molar-refractivity contribution is 7.71. The first-order valence-corrected chi connectivity index (χ1v) is 3.57. The van der Waals surface area contributed by atoms with Crippen LogP contribution in [0.25, 0.3) is 0 Å². The first kappa shape index (κ1) is 8.00.